The number of carboxylic acids is 1. The summed E-state index contributed by atoms with van der Waals surface area (Å²) in [5.41, 5.74) is 9.19. The number of carbonyl (C=O) groups is 3. The lowest BCUT2D eigenvalue weighted by atomic mass is 10.0. The van der Waals surface area contributed by atoms with Gasteiger partial charge in [0, 0.05) is 23.0 Å². The minimum atomic E-state index is -1.53. The first-order chi connectivity index (χ1) is 16.0. The monoisotopic (exact) mass is 540 g/mol. The van der Waals surface area contributed by atoms with E-state index in [4.69, 9.17) is 10.6 Å². The van der Waals surface area contributed by atoms with Crippen molar-refractivity contribution in [3.63, 3.8) is 0 Å². The Morgan fingerprint density at radius 3 is 2.76 bits per heavy atom. The first-order valence-corrected chi connectivity index (χ1v) is 16.5. The molecule has 2 amide bonds. The fourth-order valence-electron chi connectivity index (χ4n) is 2.96. The Kier molecular flexibility index (Phi) is 8.28. The molecule has 182 valence electrons. The minimum absolute atomic E-state index is 0.0155. The van der Waals surface area contributed by atoms with Crippen LogP contribution in [0.5, 0.6) is 0 Å². The number of hydrogen-bond donors (Lipinski definition) is 3. The first-order valence-electron chi connectivity index (χ1n) is 10.2. The molecule has 0 saturated carbocycles. The van der Waals surface area contributed by atoms with Gasteiger partial charge in [-0.15, -0.1) is 17.3 Å². The van der Waals surface area contributed by atoms with Crippen molar-refractivity contribution in [2.75, 3.05) is 23.8 Å². The predicted molar refractivity (Wildman–Crippen MR) is 136 cm³/mol. The van der Waals surface area contributed by atoms with Crippen molar-refractivity contribution in [1.82, 2.24) is 19.6 Å². The summed E-state index contributed by atoms with van der Waals surface area (Å²) in [5, 5.41) is 18.8. The van der Waals surface area contributed by atoms with Crippen molar-refractivity contribution in [2.45, 2.75) is 38.0 Å². The molecule has 34 heavy (non-hydrogen) atoms. The van der Waals surface area contributed by atoms with Gasteiger partial charge in [-0.25, -0.2) is 4.79 Å². The molecule has 2 aliphatic heterocycles. The van der Waals surface area contributed by atoms with E-state index in [1.165, 1.54) is 28.4 Å². The smallest absolute Gasteiger partial charge is 0.352 e. The number of anilines is 1. The minimum Gasteiger partial charge on any atom is -0.477 e. The van der Waals surface area contributed by atoms with Crippen LogP contribution in [0.4, 0.5) is 5.13 Å². The van der Waals surface area contributed by atoms with E-state index in [9.17, 15) is 19.5 Å². The van der Waals surface area contributed by atoms with E-state index in [0.717, 1.165) is 11.5 Å². The third-order valence-electron chi connectivity index (χ3n) is 4.43. The molecule has 15 heteroatoms. The number of thioether (sulfide) groups is 2. The van der Waals surface area contributed by atoms with Crippen LogP contribution in [0.15, 0.2) is 16.4 Å². The molecular weight excluding hydrogens is 517 g/mol. The van der Waals surface area contributed by atoms with Crippen LogP contribution < -0.4 is 11.1 Å². The standard InChI is InChI=1S/C19H24N6O5S3Si/c1-5-30-23-11(14-22-19(20)33-24-14)15(26)21-12-16(27)25-13(18(28)29)10(9-32-17(12)25)8-31-6-7-34(2,3)4/h12,17H,5,8-9H2,1-4H3,(H,21,26)(H,28,29)(H2,20,22,24)/t12?,17-/m0/s1. The molecule has 2 aliphatic rings. The number of aliphatic carboxylic acids is 1. The number of fused-ring (bicyclic) bond motifs is 1. The Labute approximate surface area is 210 Å². The molecule has 0 bridgehead atoms. The normalized spacial score (nSPS) is 20.2. The van der Waals surface area contributed by atoms with Gasteiger partial charge < -0.3 is 21.0 Å². The van der Waals surface area contributed by atoms with Crippen molar-refractivity contribution < 1.29 is 24.3 Å². The molecule has 1 saturated heterocycles. The summed E-state index contributed by atoms with van der Waals surface area (Å²) in [7, 11) is -1.53. The number of β-lactam (4-membered cyclic amide) rings is 1. The molecule has 3 heterocycles. The summed E-state index contributed by atoms with van der Waals surface area (Å²) < 4.78 is 3.97. The summed E-state index contributed by atoms with van der Waals surface area (Å²) >= 11 is 3.62. The highest BCUT2D eigenvalue weighted by molar-refractivity contribution is 8.04. The summed E-state index contributed by atoms with van der Waals surface area (Å²) in [6, 6.07) is -0.921. The molecule has 1 aromatic rings. The number of carbonyl (C=O) groups excluding carboxylic acids is 2. The average Bonchev–Trinajstić information content (AvgIpc) is 3.19. The zero-order chi connectivity index (χ0) is 25.0. The van der Waals surface area contributed by atoms with E-state index >= 15 is 0 Å². The Hall–Kier alpha value is -2.54. The third-order valence-corrected chi connectivity index (χ3v) is 8.11. The topological polar surface area (TPSA) is 160 Å². The molecule has 0 radical (unpaired) electrons. The molecule has 0 spiro atoms. The lowest BCUT2D eigenvalue weighted by Gasteiger charge is -2.49. The first kappa shape index (κ1) is 26.1. The van der Waals surface area contributed by atoms with E-state index in [2.05, 4.69) is 50.3 Å². The van der Waals surface area contributed by atoms with Gasteiger partial charge >= 0.3 is 5.97 Å². The van der Waals surface area contributed by atoms with Crippen molar-refractivity contribution in [3.05, 3.63) is 17.1 Å². The highest BCUT2D eigenvalue weighted by Gasteiger charge is 2.54. The summed E-state index contributed by atoms with van der Waals surface area (Å²) in [4.78, 5) is 47.9. The van der Waals surface area contributed by atoms with Crippen LogP contribution >= 0.6 is 35.1 Å². The van der Waals surface area contributed by atoms with Crippen LogP contribution in [0.1, 0.15) is 12.7 Å². The van der Waals surface area contributed by atoms with Crippen molar-refractivity contribution in [3.8, 4) is 10.8 Å². The number of nitrogens with two attached hydrogens (primary N) is 1. The molecule has 0 aliphatic carbocycles. The highest BCUT2D eigenvalue weighted by Crippen LogP contribution is 2.41. The van der Waals surface area contributed by atoms with E-state index in [0.29, 0.717) is 17.1 Å². The van der Waals surface area contributed by atoms with E-state index in [1.807, 2.05) is 0 Å². The number of nitrogens with zero attached hydrogens (tertiary/aromatic N) is 4. The molecule has 0 aromatic carbocycles. The molecular formula is C19H24N6O5S3Si. The molecule has 4 N–H and O–H groups in total. The van der Waals surface area contributed by atoms with Gasteiger partial charge in [0.05, 0.1) is 0 Å². The van der Waals surface area contributed by atoms with Gasteiger partial charge in [0.25, 0.3) is 11.8 Å². The largest absolute Gasteiger partial charge is 0.477 e. The van der Waals surface area contributed by atoms with E-state index < -0.39 is 37.3 Å². The van der Waals surface area contributed by atoms with E-state index in [-0.39, 0.29) is 29.0 Å². The molecule has 2 atom stereocenters. The third kappa shape index (κ3) is 5.92. The second-order valence-electron chi connectivity index (χ2n) is 8.20. The van der Waals surface area contributed by atoms with Gasteiger partial charge in [-0.05, 0) is 17.7 Å². The van der Waals surface area contributed by atoms with Gasteiger partial charge in [-0.2, -0.15) is 9.36 Å². The SMILES string of the molecule is CCON=C(C(=O)NC1C(=O)N2C(C(=O)O)=C(CSC#C[Si](C)(C)C)CS[C@@H]12)c1nsc(N)n1. The Morgan fingerprint density at radius 2 is 2.18 bits per heavy atom. The number of amides is 2. The Balaban J connectivity index is 1.74. The molecule has 3 rings (SSSR count). The number of oxime groups is 1. The van der Waals surface area contributed by atoms with Crippen LogP contribution in [0, 0.1) is 10.8 Å². The van der Waals surface area contributed by atoms with E-state index in [1.54, 1.807) is 6.92 Å². The number of rotatable bonds is 8. The van der Waals surface area contributed by atoms with Gasteiger partial charge in [-0.1, -0.05) is 36.6 Å². The lowest BCUT2D eigenvalue weighted by molar-refractivity contribution is -0.150. The zero-order valence-electron chi connectivity index (χ0n) is 18.9. The Bertz CT molecular complexity index is 1120. The zero-order valence-corrected chi connectivity index (χ0v) is 22.4. The van der Waals surface area contributed by atoms with Gasteiger partial charge in [0.1, 0.15) is 31.8 Å². The maximum absolute atomic E-state index is 12.9. The molecule has 1 unspecified atom stereocenters. The number of aromatic nitrogens is 2. The molecule has 11 nitrogen and oxygen atoms in total. The quantitative estimate of drug-likeness (QED) is 0.144. The summed E-state index contributed by atoms with van der Waals surface area (Å²) in [6.07, 6.45) is 0. The second kappa shape index (κ2) is 10.8. The van der Waals surface area contributed by atoms with Crippen LogP contribution in [-0.4, -0.2) is 80.5 Å². The van der Waals surface area contributed by atoms with Crippen LogP contribution in [0.2, 0.25) is 19.6 Å². The van der Waals surface area contributed by atoms with Crippen molar-refractivity contribution in [1.29, 1.82) is 0 Å². The number of carboxylic acid groups (broad SMARTS) is 1. The predicted octanol–water partition coefficient (Wildman–Crippen LogP) is 1.17. The van der Waals surface area contributed by atoms with Crippen LogP contribution in [0.3, 0.4) is 0 Å². The molecule has 1 aromatic heterocycles. The Morgan fingerprint density at radius 1 is 1.44 bits per heavy atom. The van der Waals surface area contributed by atoms with Crippen LogP contribution in [-0.2, 0) is 19.2 Å². The number of hydrogen-bond acceptors (Lipinski definition) is 11. The maximum Gasteiger partial charge on any atom is 0.352 e. The van der Waals surface area contributed by atoms with Gasteiger partial charge in [0.15, 0.2) is 5.13 Å². The number of nitrogen functional groups attached to an aromatic ring is 1. The fraction of sp³-hybridized carbons (Fsp3) is 0.474. The average molecular weight is 541 g/mol. The summed E-state index contributed by atoms with van der Waals surface area (Å²) in [5.74, 6) is -1.62. The highest BCUT2D eigenvalue weighted by atomic mass is 32.2. The van der Waals surface area contributed by atoms with Crippen molar-refractivity contribution in [2.24, 2.45) is 5.16 Å². The number of nitrogens with one attached hydrogen (secondary N) is 1. The maximum atomic E-state index is 12.9. The van der Waals surface area contributed by atoms with Gasteiger partial charge in [-0.3, -0.25) is 14.5 Å². The van der Waals surface area contributed by atoms with Crippen LogP contribution in [0.25, 0.3) is 0 Å². The molecule has 1 fully saturated rings. The fourth-order valence-corrected chi connectivity index (χ4v) is 6.87. The van der Waals surface area contributed by atoms with Gasteiger partial charge in [0.2, 0.25) is 11.5 Å². The second-order valence-corrected chi connectivity index (χ2v) is 15.6. The lowest BCUT2D eigenvalue weighted by Crippen LogP contribution is -2.71. The van der Waals surface area contributed by atoms with Crippen molar-refractivity contribution >= 4 is 71.8 Å². The summed E-state index contributed by atoms with van der Waals surface area (Å²) in [6.45, 7) is 8.28.